The predicted molar refractivity (Wildman–Crippen MR) is 101 cm³/mol. The van der Waals surface area contributed by atoms with Crippen molar-refractivity contribution < 1.29 is 14.3 Å². The van der Waals surface area contributed by atoms with Gasteiger partial charge in [0.15, 0.2) is 0 Å². The van der Waals surface area contributed by atoms with E-state index in [9.17, 15) is 9.59 Å². The summed E-state index contributed by atoms with van der Waals surface area (Å²) in [6.07, 6.45) is 0. The van der Waals surface area contributed by atoms with Crippen molar-refractivity contribution in [2.75, 3.05) is 12.4 Å². The molecule has 2 N–H and O–H groups in total. The molecule has 0 aliphatic rings. The van der Waals surface area contributed by atoms with Crippen molar-refractivity contribution in [3.05, 3.63) is 46.7 Å². The second kappa shape index (κ2) is 9.14. The van der Waals surface area contributed by atoms with E-state index in [-0.39, 0.29) is 17.6 Å². The van der Waals surface area contributed by atoms with E-state index < -0.39 is 0 Å². The Morgan fingerprint density at radius 2 is 2.07 bits per heavy atom. The maximum atomic E-state index is 12.0. The molecule has 2 aromatic heterocycles. The van der Waals surface area contributed by atoms with Crippen LogP contribution in [0, 0.1) is 0 Å². The first-order valence-electron chi connectivity index (χ1n) is 7.95. The van der Waals surface area contributed by atoms with E-state index in [0.717, 1.165) is 11.8 Å². The molecule has 27 heavy (non-hydrogen) atoms. The van der Waals surface area contributed by atoms with Crippen LogP contribution in [-0.4, -0.2) is 44.4 Å². The molecule has 0 radical (unpaired) electrons. The monoisotopic (exact) mass is 404 g/mol. The zero-order valence-corrected chi connectivity index (χ0v) is 15.9. The average molecular weight is 404 g/mol. The average Bonchev–Trinajstić information content (AvgIpc) is 3.37. The molecule has 3 rings (SSSR count). The Morgan fingerprint density at radius 3 is 2.85 bits per heavy atom. The second-order valence-corrected chi connectivity index (χ2v) is 6.93. The molecule has 0 saturated heterocycles. The SMILES string of the molecule is CCOc1ccccc1-n1nnnc1SCC(=O)NNC(=O)c1cccs1. The van der Waals surface area contributed by atoms with Crippen molar-refractivity contribution in [3.8, 4) is 11.4 Å². The van der Waals surface area contributed by atoms with E-state index in [1.807, 2.05) is 31.2 Å². The number of thioether (sulfide) groups is 1. The van der Waals surface area contributed by atoms with Crippen LogP contribution in [-0.2, 0) is 4.79 Å². The summed E-state index contributed by atoms with van der Waals surface area (Å²) in [5.74, 6) is -0.0692. The second-order valence-electron chi connectivity index (χ2n) is 5.04. The molecule has 0 aliphatic carbocycles. The van der Waals surface area contributed by atoms with Gasteiger partial charge < -0.3 is 4.74 Å². The van der Waals surface area contributed by atoms with E-state index in [1.54, 1.807) is 17.5 Å². The molecule has 3 aromatic rings. The van der Waals surface area contributed by atoms with Crippen LogP contribution < -0.4 is 15.6 Å². The number of carbonyl (C=O) groups is 2. The molecule has 0 bridgehead atoms. The summed E-state index contributed by atoms with van der Waals surface area (Å²) in [5, 5.41) is 13.8. The van der Waals surface area contributed by atoms with Gasteiger partial charge in [-0.25, -0.2) is 0 Å². The summed E-state index contributed by atoms with van der Waals surface area (Å²) < 4.78 is 7.10. The van der Waals surface area contributed by atoms with Crippen molar-refractivity contribution in [1.82, 2.24) is 31.1 Å². The molecule has 0 aliphatic heterocycles. The van der Waals surface area contributed by atoms with Crippen LogP contribution in [0.5, 0.6) is 5.75 Å². The Kier molecular flexibility index (Phi) is 6.39. The summed E-state index contributed by atoms with van der Waals surface area (Å²) in [6, 6.07) is 10.8. The lowest BCUT2D eigenvalue weighted by Crippen LogP contribution is -2.42. The number of rotatable bonds is 7. The van der Waals surface area contributed by atoms with Crippen molar-refractivity contribution in [2.45, 2.75) is 12.1 Å². The lowest BCUT2D eigenvalue weighted by molar-refractivity contribution is -0.119. The number of tetrazole rings is 1. The molecule has 9 nitrogen and oxygen atoms in total. The molecule has 0 atom stereocenters. The zero-order valence-electron chi connectivity index (χ0n) is 14.3. The van der Waals surface area contributed by atoms with Crippen LogP contribution in [0.2, 0.25) is 0 Å². The van der Waals surface area contributed by atoms with Gasteiger partial charge in [-0.2, -0.15) is 4.68 Å². The van der Waals surface area contributed by atoms with E-state index in [1.165, 1.54) is 16.0 Å². The van der Waals surface area contributed by atoms with E-state index in [2.05, 4.69) is 26.4 Å². The van der Waals surface area contributed by atoms with Gasteiger partial charge in [0, 0.05) is 0 Å². The fraction of sp³-hybridized carbons (Fsp3) is 0.188. The lowest BCUT2D eigenvalue weighted by Gasteiger charge is -2.10. The molecule has 140 valence electrons. The highest BCUT2D eigenvalue weighted by Gasteiger charge is 2.15. The Hall–Kier alpha value is -2.92. The summed E-state index contributed by atoms with van der Waals surface area (Å²) >= 11 is 2.43. The van der Waals surface area contributed by atoms with Crippen LogP contribution in [0.1, 0.15) is 16.6 Å². The van der Waals surface area contributed by atoms with Crippen LogP contribution in [0.3, 0.4) is 0 Å². The standard InChI is InChI=1S/C16H16N6O3S2/c1-2-25-12-7-4-3-6-11(12)22-16(19-20-21-22)27-10-14(23)17-18-15(24)13-8-5-9-26-13/h3-9H,2,10H2,1H3,(H,17,23)(H,18,24). The van der Waals surface area contributed by atoms with Gasteiger partial charge in [-0.1, -0.05) is 30.0 Å². The quantitative estimate of drug-likeness (QED) is 0.455. The molecule has 11 heteroatoms. The number of para-hydroxylation sites is 2. The number of ether oxygens (including phenoxy) is 1. The Labute approximate surface area is 163 Å². The van der Waals surface area contributed by atoms with Crippen LogP contribution in [0.4, 0.5) is 0 Å². The smallest absolute Gasteiger partial charge is 0.279 e. The van der Waals surface area contributed by atoms with Gasteiger partial charge in [0.05, 0.1) is 17.2 Å². The summed E-state index contributed by atoms with van der Waals surface area (Å²) in [4.78, 5) is 24.3. The van der Waals surface area contributed by atoms with Crippen LogP contribution in [0.25, 0.3) is 5.69 Å². The number of hydrazine groups is 1. The molecule has 2 heterocycles. The number of hydrogen-bond acceptors (Lipinski definition) is 8. The number of carbonyl (C=O) groups excluding carboxylic acids is 2. The number of hydrogen-bond donors (Lipinski definition) is 2. The van der Waals surface area contributed by atoms with Gasteiger partial charge >= 0.3 is 0 Å². The number of aromatic nitrogens is 4. The van der Waals surface area contributed by atoms with Crippen molar-refractivity contribution >= 4 is 34.9 Å². The Balaban J connectivity index is 1.59. The number of nitrogens with one attached hydrogen (secondary N) is 2. The molecule has 0 unspecified atom stereocenters. The van der Waals surface area contributed by atoms with Gasteiger partial charge in [-0.3, -0.25) is 20.4 Å². The molecular weight excluding hydrogens is 388 g/mol. The first kappa shape index (κ1) is 18.9. The molecule has 2 amide bonds. The third-order valence-corrected chi connectivity index (χ3v) is 5.01. The Morgan fingerprint density at radius 1 is 1.22 bits per heavy atom. The Bertz CT molecular complexity index is 913. The largest absolute Gasteiger partial charge is 0.492 e. The topological polar surface area (TPSA) is 111 Å². The van der Waals surface area contributed by atoms with Gasteiger partial charge in [0.25, 0.3) is 5.91 Å². The number of benzene rings is 1. The van der Waals surface area contributed by atoms with Crippen LogP contribution in [0.15, 0.2) is 46.9 Å². The van der Waals surface area contributed by atoms with Gasteiger partial charge in [0.2, 0.25) is 11.1 Å². The predicted octanol–water partition coefficient (Wildman–Crippen LogP) is 1.68. The van der Waals surface area contributed by atoms with Crippen molar-refractivity contribution in [2.24, 2.45) is 0 Å². The third kappa shape index (κ3) is 4.83. The van der Waals surface area contributed by atoms with Crippen molar-refractivity contribution in [1.29, 1.82) is 0 Å². The highest BCUT2D eigenvalue weighted by atomic mass is 32.2. The van der Waals surface area contributed by atoms with E-state index in [0.29, 0.717) is 28.1 Å². The minimum atomic E-state index is -0.377. The van der Waals surface area contributed by atoms with E-state index >= 15 is 0 Å². The maximum Gasteiger partial charge on any atom is 0.279 e. The third-order valence-electron chi connectivity index (χ3n) is 3.23. The number of thiophene rings is 1. The zero-order chi connectivity index (χ0) is 19.1. The first-order chi connectivity index (χ1) is 13.2. The van der Waals surface area contributed by atoms with Gasteiger partial charge in [-0.05, 0) is 40.9 Å². The summed E-state index contributed by atoms with van der Waals surface area (Å²) in [7, 11) is 0. The normalized spacial score (nSPS) is 10.4. The first-order valence-corrected chi connectivity index (χ1v) is 9.81. The minimum absolute atomic E-state index is 0.0297. The van der Waals surface area contributed by atoms with Gasteiger partial charge in [-0.15, -0.1) is 16.4 Å². The minimum Gasteiger partial charge on any atom is -0.492 e. The highest BCUT2D eigenvalue weighted by molar-refractivity contribution is 7.99. The summed E-state index contributed by atoms with van der Waals surface area (Å²) in [6.45, 7) is 2.40. The number of nitrogens with zero attached hydrogens (tertiary/aromatic N) is 4. The molecule has 0 fully saturated rings. The molecule has 0 saturated carbocycles. The lowest BCUT2D eigenvalue weighted by atomic mass is 10.3. The molecule has 0 spiro atoms. The molecular formula is C16H16N6O3S2. The van der Waals surface area contributed by atoms with Crippen molar-refractivity contribution in [3.63, 3.8) is 0 Å². The fourth-order valence-corrected chi connectivity index (χ4v) is 3.39. The van der Waals surface area contributed by atoms with E-state index in [4.69, 9.17) is 4.74 Å². The van der Waals surface area contributed by atoms with Crippen LogP contribution >= 0.6 is 23.1 Å². The molecule has 1 aromatic carbocycles. The maximum absolute atomic E-state index is 12.0. The number of amides is 2. The highest BCUT2D eigenvalue weighted by Crippen LogP contribution is 2.25. The van der Waals surface area contributed by atoms with Gasteiger partial charge in [0.1, 0.15) is 11.4 Å². The summed E-state index contributed by atoms with van der Waals surface area (Å²) in [5.41, 5.74) is 5.42. The fourth-order valence-electron chi connectivity index (χ4n) is 2.09.